The number of amides is 2. The van der Waals surface area contributed by atoms with E-state index >= 15 is 0 Å². The predicted molar refractivity (Wildman–Crippen MR) is 87.1 cm³/mol. The zero-order valence-corrected chi connectivity index (χ0v) is 13.4. The summed E-state index contributed by atoms with van der Waals surface area (Å²) < 4.78 is 0. The van der Waals surface area contributed by atoms with E-state index in [2.05, 4.69) is 10.6 Å². The Hall–Kier alpha value is -1.84. The van der Waals surface area contributed by atoms with Gasteiger partial charge < -0.3 is 10.6 Å². The molecule has 2 N–H and O–H groups in total. The molecule has 0 unspecified atom stereocenters. The van der Waals surface area contributed by atoms with Crippen molar-refractivity contribution in [1.82, 2.24) is 5.32 Å². The fourth-order valence-electron chi connectivity index (χ4n) is 3.40. The number of benzene rings is 1. The SMILES string of the molecule is CC1(C)C(=O)Nc2ccc(C(=O)NC3CCCCCC3)cc21. The molecule has 0 aromatic heterocycles. The van der Waals surface area contributed by atoms with Gasteiger partial charge in [-0.1, -0.05) is 25.7 Å². The first-order valence-corrected chi connectivity index (χ1v) is 8.25. The number of hydrogen-bond acceptors (Lipinski definition) is 2. The minimum Gasteiger partial charge on any atom is -0.349 e. The van der Waals surface area contributed by atoms with E-state index in [1.54, 1.807) is 6.07 Å². The zero-order chi connectivity index (χ0) is 15.7. The summed E-state index contributed by atoms with van der Waals surface area (Å²) in [7, 11) is 0. The van der Waals surface area contributed by atoms with Gasteiger partial charge in [-0.2, -0.15) is 0 Å². The van der Waals surface area contributed by atoms with Crippen molar-refractivity contribution >= 4 is 17.5 Å². The maximum atomic E-state index is 12.5. The topological polar surface area (TPSA) is 58.2 Å². The van der Waals surface area contributed by atoms with E-state index in [4.69, 9.17) is 0 Å². The molecule has 1 aliphatic carbocycles. The highest BCUT2D eigenvalue weighted by Crippen LogP contribution is 2.37. The van der Waals surface area contributed by atoms with Crippen LogP contribution in [-0.2, 0) is 10.2 Å². The molecule has 2 aliphatic rings. The van der Waals surface area contributed by atoms with E-state index < -0.39 is 5.41 Å². The normalized spacial score (nSPS) is 20.9. The first-order chi connectivity index (χ1) is 10.5. The second-order valence-electron chi connectivity index (χ2n) is 7.00. The fraction of sp³-hybridized carbons (Fsp3) is 0.556. The van der Waals surface area contributed by atoms with E-state index in [0.717, 1.165) is 24.1 Å². The van der Waals surface area contributed by atoms with E-state index in [-0.39, 0.29) is 17.9 Å². The summed E-state index contributed by atoms with van der Waals surface area (Å²) in [5.74, 6) is -0.0336. The molecule has 1 aromatic carbocycles. The van der Waals surface area contributed by atoms with Crippen LogP contribution < -0.4 is 10.6 Å². The third-order valence-electron chi connectivity index (χ3n) is 4.96. The standard InChI is InChI=1S/C18H24N2O2/c1-18(2)14-11-12(9-10-15(14)20-17(18)22)16(21)19-13-7-5-3-4-6-8-13/h9-11,13H,3-8H2,1-2H3,(H,19,21)(H,20,22). The molecule has 1 aliphatic heterocycles. The molecule has 0 radical (unpaired) electrons. The summed E-state index contributed by atoms with van der Waals surface area (Å²) in [6.45, 7) is 3.78. The van der Waals surface area contributed by atoms with Gasteiger partial charge in [0.1, 0.15) is 0 Å². The number of nitrogens with one attached hydrogen (secondary N) is 2. The quantitative estimate of drug-likeness (QED) is 0.823. The van der Waals surface area contributed by atoms with Gasteiger partial charge in [0.05, 0.1) is 5.41 Å². The van der Waals surface area contributed by atoms with Crippen molar-refractivity contribution in [3.05, 3.63) is 29.3 Å². The minimum absolute atomic E-state index is 0.0103. The first-order valence-electron chi connectivity index (χ1n) is 8.25. The van der Waals surface area contributed by atoms with Gasteiger partial charge in [-0.05, 0) is 50.5 Å². The number of anilines is 1. The molecule has 22 heavy (non-hydrogen) atoms. The Kier molecular flexibility index (Phi) is 3.94. The van der Waals surface area contributed by atoms with Crippen LogP contribution in [0.15, 0.2) is 18.2 Å². The van der Waals surface area contributed by atoms with Crippen molar-refractivity contribution in [3.63, 3.8) is 0 Å². The van der Waals surface area contributed by atoms with Gasteiger partial charge in [-0.15, -0.1) is 0 Å². The van der Waals surface area contributed by atoms with Gasteiger partial charge in [-0.25, -0.2) is 0 Å². The smallest absolute Gasteiger partial charge is 0.251 e. The molecule has 118 valence electrons. The van der Waals surface area contributed by atoms with Gasteiger partial charge >= 0.3 is 0 Å². The molecular formula is C18H24N2O2. The largest absolute Gasteiger partial charge is 0.349 e. The lowest BCUT2D eigenvalue weighted by Crippen LogP contribution is -2.34. The molecule has 1 heterocycles. The summed E-state index contributed by atoms with van der Waals surface area (Å²) in [5, 5.41) is 6.03. The molecule has 4 heteroatoms. The van der Waals surface area contributed by atoms with Gasteiger partial charge in [0, 0.05) is 17.3 Å². The van der Waals surface area contributed by atoms with Crippen LogP contribution in [0.2, 0.25) is 0 Å². The van der Waals surface area contributed by atoms with Crippen LogP contribution in [0.4, 0.5) is 5.69 Å². The molecule has 3 rings (SSSR count). The fourth-order valence-corrected chi connectivity index (χ4v) is 3.40. The Balaban J connectivity index is 1.77. The molecule has 1 saturated carbocycles. The van der Waals surface area contributed by atoms with E-state index in [1.165, 1.54) is 25.7 Å². The van der Waals surface area contributed by atoms with E-state index in [9.17, 15) is 9.59 Å². The van der Waals surface area contributed by atoms with E-state index in [1.807, 2.05) is 26.0 Å². The van der Waals surface area contributed by atoms with Crippen molar-refractivity contribution in [3.8, 4) is 0 Å². The highest BCUT2D eigenvalue weighted by Gasteiger charge is 2.38. The molecule has 2 amide bonds. The Morgan fingerprint density at radius 3 is 2.55 bits per heavy atom. The first kappa shape index (κ1) is 15.1. The molecule has 0 atom stereocenters. The molecule has 0 spiro atoms. The number of carbonyl (C=O) groups excluding carboxylic acids is 2. The molecule has 4 nitrogen and oxygen atoms in total. The van der Waals surface area contributed by atoms with E-state index in [0.29, 0.717) is 5.56 Å². The van der Waals surface area contributed by atoms with Crippen LogP contribution in [0.1, 0.15) is 68.3 Å². The Labute approximate surface area is 131 Å². The number of hydrogen-bond donors (Lipinski definition) is 2. The average Bonchev–Trinajstić information content (AvgIpc) is 2.67. The van der Waals surface area contributed by atoms with Gasteiger partial charge in [0.15, 0.2) is 0 Å². The lowest BCUT2D eigenvalue weighted by molar-refractivity contribution is -0.119. The van der Waals surface area contributed by atoms with Crippen LogP contribution in [0.3, 0.4) is 0 Å². The van der Waals surface area contributed by atoms with Crippen molar-refractivity contribution in [1.29, 1.82) is 0 Å². The molecule has 1 aromatic rings. The third kappa shape index (κ3) is 2.74. The van der Waals surface area contributed by atoms with Gasteiger partial charge in [-0.3, -0.25) is 9.59 Å². The Bertz CT molecular complexity index is 599. The Morgan fingerprint density at radius 2 is 1.86 bits per heavy atom. The van der Waals surface area contributed by atoms with Gasteiger partial charge in [0.25, 0.3) is 5.91 Å². The second-order valence-corrected chi connectivity index (χ2v) is 7.00. The van der Waals surface area contributed by atoms with Crippen LogP contribution >= 0.6 is 0 Å². The molecule has 0 bridgehead atoms. The van der Waals surface area contributed by atoms with Crippen LogP contribution in [0.5, 0.6) is 0 Å². The second kappa shape index (κ2) is 5.75. The Morgan fingerprint density at radius 1 is 1.18 bits per heavy atom. The summed E-state index contributed by atoms with van der Waals surface area (Å²) in [6.07, 6.45) is 7.08. The third-order valence-corrected chi connectivity index (χ3v) is 4.96. The lowest BCUT2D eigenvalue weighted by atomic mass is 9.85. The lowest BCUT2D eigenvalue weighted by Gasteiger charge is -2.18. The highest BCUT2D eigenvalue weighted by atomic mass is 16.2. The molecule has 0 saturated heterocycles. The summed E-state index contributed by atoms with van der Waals surface area (Å²) in [4.78, 5) is 24.5. The zero-order valence-electron chi connectivity index (χ0n) is 13.4. The maximum Gasteiger partial charge on any atom is 0.251 e. The van der Waals surface area contributed by atoms with Gasteiger partial charge in [0.2, 0.25) is 5.91 Å². The predicted octanol–water partition coefficient (Wildman–Crippen LogP) is 3.37. The van der Waals surface area contributed by atoms with Crippen LogP contribution in [0.25, 0.3) is 0 Å². The minimum atomic E-state index is -0.575. The number of fused-ring (bicyclic) bond motifs is 1. The van der Waals surface area contributed by atoms with Crippen molar-refractivity contribution in [2.45, 2.75) is 63.8 Å². The molecular weight excluding hydrogens is 276 g/mol. The highest BCUT2D eigenvalue weighted by molar-refractivity contribution is 6.07. The monoisotopic (exact) mass is 300 g/mol. The van der Waals surface area contributed by atoms with Crippen molar-refractivity contribution in [2.24, 2.45) is 0 Å². The number of rotatable bonds is 2. The van der Waals surface area contributed by atoms with Crippen molar-refractivity contribution < 1.29 is 9.59 Å². The molecule has 1 fully saturated rings. The van der Waals surface area contributed by atoms with Crippen LogP contribution in [0, 0.1) is 0 Å². The summed E-state index contributed by atoms with van der Waals surface area (Å²) in [6, 6.07) is 5.78. The summed E-state index contributed by atoms with van der Waals surface area (Å²) in [5.41, 5.74) is 1.80. The van der Waals surface area contributed by atoms with Crippen LogP contribution in [-0.4, -0.2) is 17.9 Å². The maximum absolute atomic E-state index is 12.5. The summed E-state index contributed by atoms with van der Waals surface area (Å²) >= 11 is 0. The average molecular weight is 300 g/mol. The van der Waals surface area contributed by atoms with Crippen molar-refractivity contribution in [2.75, 3.05) is 5.32 Å². The number of carbonyl (C=O) groups is 2.